The van der Waals surface area contributed by atoms with E-state index in [0.717, 1.165) is 208 Å². The lowest BCUT2D eigenvalue weighted by Gasteiger charge is -2.71. The second kappa shape index (κ2) is 26.4. The largest absolute Gasteiger partial charge is 0.295 e. The average Bonchev–Trinajstić information content (AvgIpc) is 0.691. The van der Waals surface area contributed by atoms with Crippen LogP contribution in [0.25, 0.3) is 0 Å². The minimum absolute atomic E-state index is 0.369. The van der Waals surface area contributed by atoms with E-state index in [9.17, 15) is 0 Å². The monoisotopic (exact) mass is 1330 g/mol. The van der Waals surface area contributed by atoms with Gasteiger partial charge in [0, 0.05) is 36.3 Å². The van der Waals surface area contributed by atoms with Gasteiger partial charge in [0.1, 0.15) is 0 Å². The average molecular weight is 1330 g/mol. The SMILES string of the molecule is CC(C)(C)C1CC2CCC3CC(C(C)(C)C)CC4C(C5CCC6C(C5)B5C7CC(C8CC9CC(C(C)(C)C)CC%10CCC%11CC(C(C)(C)C)CC8C%11C%109)CCC7N(C7CCC(C8CCCCC8)CC7)C7CC(C(C)(C)C)CC(C57)N6C5CCC(C6CCCCC6)CC5)CC(C1)C2C34. The van der Waals surface area contributed by atoms with Gasteiger partial charge in [0.25, 0.3) is 0 Å². The van der Waals surface area contributed by atoms with Crippen LogP contribution in [0.5, 0.6) is 0 Å². The van der Waals surface area contributed by atoms with E-state index in [1.54, 1.807) is 218 Å². The van der Waals surface area contributed by atoms with Crippen molar-refractivity contribution in [2.24, 2.45) is 175 Å². The fraction of sp³-hybridized carbons (Fsp3) is 1.00. The Balaban J connectivity index is 0.778. The van der Waals surface area contributed by atoms with E-state index < -0.39 is 0 Å². The quantitative estimate of drug-likeness (QED) is 0.245. The van der Waals surface area contributed by atoms with Crippen molar-refractivity contribution in [1.29, 1.82) is 0 Å². The van der Waals surface area contributed by atoms with E-state index >= 15 is 0 Å². The van der Waals surface area contributed by atoms with E-state index in [4.69, 9.17) is 0 Å². The highest BCUT2D eigenvalue weighted by Crippen LogP contribution is 2.73. The maximum absolute atomic E-state index is 3.71. The molecule has 0 aromatic carbocycles. The molecule has 0 bridgehead atoms. The molecule has 0 amide bonds. The summed E-state index contributed by atoms with van der Waals surface area (Å²) in [5.41, 5.74) is 2.14. The van der Waals surface area contributed by atoms with Crippen LogP contribution in [-0.4, -0.2) is 52.8 Å². The predicted octanol–water partition coefficient (Wildman–Crippen LogP) is 25.9. The van der Waals surface area contributed by atoms with Crippen LogP contribution in [0, 0.1) is 175 Å². The molecule has 26 unspecified atom stereocenters. The van der Waals surface area contributed by atoms with Gasteiger partial charge in [0.2, 0.25) is 0 Å². The third-order valence-electron chi connectivity index (χ3n) is 38.9. The van der Waals surface area contributed by atoms with Crippen molar-refractivity contribution in [3.8, 4) is 0 Å². The number of hydrogen-bond acceptors (Lipinski definition) is 2. The summed E-state index contributed by atoms with van der Waals surface area (Å²) in [7, 11) is 0. The first-order chi connectivity index (χ1) is 46.2. The number of rotatable bonds is 6. The van der Waals surface area contributed by atoms with Gasteiger partial charge >= 0.3 is 0 Å². The minimum atomic E-state index is 0.369. The molecule has 2 saturated heterocycles. The zero-order chi connectivity index (χ0) is 67.1. The van der Waals surface area contributed by atoms with Crippen LogP contribution in [0.3, 0.4) is 0 Å². The smallest absolute Gasteiger partial charge is 0.156 e. The third-order valence-corrected chi connectivity index (χ3v) is 38.9. The Labute approximate surface area is 602 Å². The summed E-state index contributed by atoms with van der Waals surface area (Å²) in [6.07, 6.45) is 63.0. The molecule has 2 aliphatic heterocycles. The lowest BCUT2D eigenvalue weighted by molar-refractivity contribution is -0.155. The molecule has 26 atom stereocenters. The van der Waals surface area contributed by atoms with Crippen molar-refractivity contribution in [1.82, 2.24) is 9.80 Å². The number of fused-ring (bicyclic) bond motifs is 4. The summed E-state index contributed by atoms with van der Waals surface area (Å²) in [4.78, 5) is 7.41. The highest BCUT2D eigenvalue weighted by Gasteiger charge is 2.69. The topological polar surface area (TPSA) is 6.48 Å². The van der Waals surface area contributed by atoms with Crippen molar-refractivity contribution in [2.75, 3.05) is 0 Å². The van der Waals surface area contributed by atoms with E-state index in [1.165, 1.54) is 38.5 Å². The van der Waals surface area contributed by atoms with Gasteiger partial charge in [-0.05, 0) is 372 Å². The summed E-state index contributed by atoms with van der Waals surface area (Å²) in [6.45, 7) is 41.6. The Morgan fingerprint density at radius 3 is 0.856 bits per heavy atom. The second-order valence-corrected chi connectivity index (χ2v) is 47.5. The van der Waals surface area contributed by atoms with Gasteiger partial charge in [0.05, 0.1) is 0 Å². The molecule has 0 aromatic rings. The summed E-state index contributed by atoms with van der Waals surface area (Å²) in [5.74, 6) is 27.8. The molecule has 17 rings (SSSR count). The normalized spacial score (nSPS) is 51.1. The molecule has 0 N–H and O–H groups in total. The Bertz CT molecular complexity index is 2490. The lowest BCUT2D eigenvalue weighted by atomic mass is 9.17. The van der Waals surface area contributed by atoms with Crippen molar-refractivity contribution < 1.29 is 0 Å². The molecule has 15 aliphatic carbocycles. The van der Waals surface area contributed by atoms with Gasteiger partial charge in [0.15, 0.2) is 6.71 Å². The van der Waals surface area contributed by atoms with Gasteiger partial charge in [-0.15, -0.1) is 0 Å². The summed E-state index contributed by atoms with van der Waals surface area (Å²) in [5, 5.41) is 0. The molecular formula is C94H159BN2. The maximum Gasteiger partial charge on any atom is 0.156 e. The molecule has 548 valence electrons. The van der Waals surface area contributed by atoms with Crippen molar-refractivity contribution in [3.63, 3.8) is 0 Å². The van der Waals surface area contributed by atoms with Crippen LogP contribution in [0.15, 0.2) is 0 Å². The molecule has 15 saturated carbocycles. The molecule has 0 radical (unpaired) electrons. The molecule has 2 nitrogen and oxygen atoms in total. The first-order valence-electron chi connectivity index (χ1n) is 45.8. The van der Waals surface area contributed by atoms with Crippen molar-refractivity contribution in [2.45, 2.75) is 414 Å². The van der Waals surface area contributed by atoms with Gasteiger partial charge < -0.3 is 0 Å². The third kappa shape index (κ3) is 12.7. The minimum Gasteiger partial charge on any atom is -0.295 e. The van der Waals surface area contributed by atoms with E-state index in [0.29, 0.717) is 27.1 Å². The fourth-order valence-corrected chi connectivity index (χ4v) is 34.2. The molecule has 3 heteroatoms. The zero-order valence-electron chi connectivity index (χ0n) is 66.9. The molecule has 2 heterocycles. The molecule has 0 aromatic heterocycles. The number of hydrogen-bond donors (Lipinski definition) is 0. The first-order valence-corrected chi connectivity index (χ1v) is 45.8. The molecule has 97 heavy (non-hydrogen) atoms. The van der Waals surface area contributed by atoms with Crippen LogP contribution in [0.4, 0.5) is 0 Å². The molecular weight excluding hydrogens is 1170 g/mol. The number of nitrogens with zero attached hydrogens (tertiary/aromatic N) is 2. The Morgan fingerprint density at radius 1 is 0.216 bits per heavy atom. The Morgan fingerprint density at radius 2 is 0.505 bits per heavy atom. The predicted molar refractivity (Wildman–Crippen MR) is 413 cm³/mol. The van der Waals surface area contributed by atoms with Crippen LogP contribution in [-0.2, 0) is 0 Å². The molecule has 0 spiro atoms. The van der Waals surface area contributed by atoms with Crippen LogP contribution in [0.1, 0.15) is 361 Å². The first kappa shape index (κ1) is 70.0. The van der Waals surface area contributed by atoms with E-state index in [2.05, 4.69) is 114 Å². The van der Waals surface area contributed by atoms with E-state index in [1.807, 2.05) is 0 Å². The van der Waals surface area contributed by atoms with Gasteiger partial charge in [-0.3, -0.25) is 9.80 Å². The van der Waals surface area contributed by atoms with Gasteiger partial charge in [-0.2, -0.15) is 0 Å². The standard InChI is InChI=1S/C94H159BN2/c1-90(2,3)68-42-62-26-28-64-44-70(92(7,8)9)52-77-75(48-66(46-68)85(62)87(64)77)60-34-40-81-79(50-60)95-80-51-61(76-49-67-47-69(91(4,5)6)43-63-27-29-65-45-71(93(10,11)12)53-78(76)88(65)86(63)67)35-41-82(80)97(74-38-32-59(33-39-74)57-24-20-17-21-25-57)84-55-72(94(13,14)15)54-83(89(84)95)96(81)73-36-30-58(31-37-73)56-22-18-16-19-23-56/h56-89H,16-55H2,1-15H3. The van der Waals surface area contributed by atoms with Crippen molar-refractivity contribution in [3.05, 3.63) is 0 Å². The summed E-state index contributed by atoms with van der Waals surface area (Å²) < 4.78 is 0. The molecule has 17 fully saturated rings. The molecule has 17 aliphatic rings. The van der Waals surface area contributed by atoms with Gasteiger partial charge in [-0.1, -0.05) is 181 Å². The highest BCUT2D eigenvalue weighted by molar-refractivity contribution is 6.65. The Kier molecular flexibility index (Phi) is 19.1. The van der Waals surface area contributed by atoms with Crippen LogP contribution in [0.2, 0.25) is 17.5 Å². The second-order valence-electron chi connectivity index (χ2n) is 47.5. The Hall–Kier alpha value is -0.0151. The van der Waals surface area contributed by atoms with Crippen LogP contribution < -0.4 is 0 Å². The van der Waals surface area contributed by atoms with Crippen LogP contribution >= 0.6 is 0 Å². The lowest BCUT2D eigenvalue weighted by Crippen LogP contribution is -2.75. The van der Waals surface area contributed by atoms with Crippen molar-refractivity contribution >= 4 is 6.71 Å². The van der Waals surface area contributed by atoms with E-state index in [-0.39, 0.29) is 0 Å². The zero-order valence-corrected chi connectivity index (χ0v) is 66.9. The summed E-state index contributed by atoms with van der Waals surface area (Å²) >= 11 is 0. The highest BCUT2D eigenvalue weighted by atomic mass is 15.3. The summed E-state index contributed by atoms with van der Waals surface area (Å²) in [6, 6.07) is 5.04. The fourth-order valence-electron chi connectivity index (χ4n) is 34.2. The maximum atomic E-state index is 3.71. The van der Waals surface area contributed by atoms with Gasteiger partial charge in [-0.25, -0.2) is 0 Å².